The molecule has 1 saturated carbocycles. The molecule has 2 fully saturated rings. The minimum absolute atomic E-state index is 0.102. The van der Waals surface area contributed by atoms with Crippen LogP contribution in [0.4, 0.5) is 17.5 Å². The molecule has 0 radical (unpaired) electrons. The minimum atomic E-state index is -3.00. The van der Waals surface area contributed by atoms with E-state index >= 15 is 0 Å². The van der Waals surface area contributed by atoms with Crippen molar-refractivity contribution in [2.75, 3.05) is 35.2 Å². The Morgan fingerprint density at radius 2 is 1.94 bits per heavy atom. The summed E-state index contributed by atoms with van der Waals surface area (Å²) < 4.78 is 24.9. The maximum atomic E-state index is 11.7. The van der Waals surface area contributed by atoms with Gasteiger partial charge < -0.3 is 10.6 Å². The van der Waals surface area contributed by atoms with Gasteiger partial charge in [-0.05, 0) is 30.5 Å². The number of imidazole rings is 1. The largest absolute Gasteiger partial charge is 0.364 e. The number of nitrogens with zero attached hydrogens (tertiary/aromatic N) is 7. The van der Waals surface area contributed by atoms with Crippen LogP contribution in [0, 0.1) is 22.7 Å². The summed E-state index contributed by atoms with van der Waals surface area (Å²) in [5.41, 5.74) is 2.24. The second-order valence-electron chi connectivity index (χ2n) is 8.35. The van der Waals surface area contributed by atoms with Crippen molar-refractivity contribution < 1.29 is 8.42 Å². The van der Waals surface area contributed by atoms with Gasteiger partial charge in [0.1, 0.15) is 6.07 Å². The molecular weight excluding hydrogens is 478 g/mol. The molecule has 1 aliphatic carbocycles. The molecule has 11 nitrogen and oxygen atoms in total. The van der Waals surface area contributed by atoms with Crippen molar-refractivity contribution in [2.45, 2.75) is 25.4 Å². The Kier molecular flexibility index (Phi) is 5.73. The molecular formula is C21H20ClN9O2S. The second kappa shape index (κ2) is 8.72. The number of fused-ring (bicyclic) bond motifs is 1. The van der Waals surface area contributed by atoms with Crippen molar-refractivity contribution in [3.05, 3.63) is 40.2 Å². The van der Waals surface area contributed by atoms with E-state index in [2.05, 4.69) is 37.8 Å². The van der Waals surface area contributed by atoms with Crippen molar-refractivity contribution >= 4 is 44.5 Å². The lowest BCUT2D eigenvalue weighted by Gasteiger charge is -2.27. The highest BCUT2D eigenvalue weighted by Gasteiger charge is 2.25. The number of sulfone groups is 1. The summed E-state index contributed by atoms with van der Waals surface area (Å²) >= 11 is 6.69. The Balaban J connectivity index is 1.47. The van der Waals surface area contributed by atoms with Crippen LogP contribution in [0.2, 0.25) is 5.02 Å². The Morgan fingerprint density at radius 1 is 1.18 bits per heavy atom. The summed E-state index contributed by atoms with van der Waals surface area (Å²) in [6.45, 7) is 1.23. The molecule has 2 N–H and O–H groups in total. The molecule has 3 aromatic rings. The van der Waals surface area contributed by atoms with E-state index in [0.717, 1.165) is 12.8 Å². The highest BCUT2D eigenvalue weighted by Crippen LogP contribution is 2.32. The number of anilines is 3. The Hall–Kier alpha value is -3.45. The van der Waals surface area contributed by atoms with Crippen molar-refractivity contribution in [1.82, 2.24) is 24.5 Å². The topological polar surface area (TPSA) is 152 Å². The predicted octanol–water partition coefficient (Wildman–Crippen LogP) is 2.07. The van der Waals surface area contributed by atoms with Gasteiger partial charge in [-0.1, -0.05) is 11.6 Å². The fourth-order valence-electron chi connectivity index (χ4n) is 3.75. The zero-order chi connectivity index (χ0) is 23.9. The van der Waals surface area contributed by atoms with E-state index in [9.17, 15) is 18.9 Å². The standard InChI is InChI=1S/C21H20ClN9O2S/c22-18-14(12-30-3-5-34(32,33)6-4-30)7-13(9-23)8-17(18)27-21-28-19(26-15-1-2-15)20-25-11-16(10-24)31(20)29-21/h7-8,11,15H,1-6,12H2,(H2,26,27,28,29). The third kappa shape index (κ3) is 4.61. The van der Waals surface area contributed by atoms with Crippen LogP contribution in [0.25, 0.3) is 5.65 Å². The van der Waals surface area contributed by atoms with Gasteiger partial charge in [-0.15, -0.1) is 5.10 Å². The number of nitrogens with one attached hydrogen (secondary N) is 2. The maximum absolute atomic E-state index is 11.7. The summed E-state index contributed by atoms with van der Waals surface area (Å²) in [7, 11) is -3.00. The number of benzene rings is 1. The fourth-order valence-corrected chi connectivity index (χ4v) is 5.25. The molecule has 13 heteroatoms. The summed E-state index contributed by atoms with van der Waals surface area (Å²) in [4.78, 5) is 10.8. The van der Waals surface area contributed by atoms with Crippen LogP contribution in [0.15, 0.2) is 18.3 Å². The zero-order valence-corrected chi connectivity index (χ0v) is 19.6. The van der Waals surface area contributed by atoms with Crippen LogP contribution in [0.1, 0.15) is 29.7 Å². The SMILES string of the molecule is N#Cc1cc(CN2CCS(=O)(=O)CC2)c(Cl)c(Nc2nc(NC3CC3)c3ncc(C#N)n3n2)c1. The number of halogens is 1. The van der Waals surface area contributed by atoms with Gasteiger partial charge in [-0.3, -0.25) is 4.90 Å². The zero-order valence-electron chi connectivity index (χ0n) is 18.0. The monoisotopic (exact) mass is 497 g/mol. The average molecular weight is 498 g/mol. The smallest absolute Gasteiger partial charge is 0.247 e. The van der Waals surface area contributed by atoms with Gasteiger partial charge in [0.05, 0.1) is 40.0 Å². The van der Waals surface area contributed by atoms with Crippen molar-refractivity contribution in [1.29, 1.82) is 10.5 Å². The third-order valence-electron chi connectivity index (χ3n) is 5.75. The van der Waals surface area contributed by atoms with Gasteiger partial charge >= 0.3 is 0 Å². The quantitative estimate of drug-likeness (QED) is 0.517. The van der Waals surface area contributed by atoms with Crippen LogP contribution in [0.5, 0.6) is 0 Å². The van der Waals surface area contributed by atoms with Gasteiger partial charge in [0, 0.05) is 25.7 Å². The van der Waals surface area contributed by atoms with Gasteiger partial charge in [0.2, 0.25) is 5.95 Å². The molecule has 1 saturated heterocycles. The molecule has 0 atom stereocenters. The van der Waals surface area contributed by atoms with Crippen molar-refractivity contribution in [3.8, 4) is 12.1 Å². The van der Waals surface area contributed by atoms with Gasteiger partial charge in [0.25, 0.3) is 0 Å². The van der Waals surface area contributed by atoms with E-state index in [-0.39, 0.29) is 23.1 Å². The van der Waals surface area contributed by atoms with Gasteiger partial charge in [0.15, 0.2) is 27.0 Å². The van der Waals surface area contributed by atoms with Crippen LogP contribution in [-0.2, 0) is 16.4 Å². The number of aromatic nitrogens is 4. The maximum Gasteiger partial charge on any atom is 0.247 e. The molecule has 2 aliphatic rings. The van der Waals surface area contributed by atoms with E-state index in [4.69, 9.17) is 11.6 Å². The highest BCUT2D eigenvalue weighted by atomic mass is 35.5. The lowest BCUT2D eigenvalue weighted by Crippen LogP contribution is -2.39. The van der Waals surface area contributed by atoms with E-state index < -0.39 is 9.84 Å². The number of hydrogen-bond donors (Lipinski definition) is 2. The molecule has 5 rings (SSSR count). The number of nitriles is 2. The first-order chi connectivity index (χ1) is 16.3. The molecule has 1 aliphatic heterocycles. The summed E-state index contributed by atoms with van der Waals surface area (Å²) in [5.74, 6) is 0.899. The van der Waals surface area contributed by atoms with E-state index in [0.29, 0.717) is 59.0 Å². The molecule has 0 unspecified atom stereocenters. The first-order valence-corrected chi connectivity index (χ1v) is 12.9. The third-order valence-corrected chi connectivity index (χ3v) is 7.80. The molecule has 174 valence electrons. The van der Waals surface area contributed by atoms with E-state index in [1.165, 1.54) is 10.7 Å². The van der Waals surface area contributed by atoms with Crippen LogP contribution in [0.3, 0.4) is 0 Å². The molecule has 34 heavy (non-hydrogen) atoms. The Bertz CT molecular complexity index is 1450. The molecule has 0 amide bonds. The van der Waals surface area contributed by atoms with Crippen LogP contribution >= 0.6 is 11.6 Å². The lowest BCUT2D eigenvalue weighted by molar-refractivity contribution is 0.288. The van der Waals surface area contributed by atoms with E-state index in [1.54, 1.807) is 12.1 Å². The normalized spacial score (nSPS) is 17.7. The fraction of sp³-hybridized carbons (Fsp3) is 0.381. The molecule has 3 heterocycles. The predicted molar refractivity (Wildman–Crippen MR) is 126 cm³/mol. The molecule has 2 aromatic heterocycles. The first kappa shape index (κ1) is 22.3. The van der Waals surface area contributed by atoms with Gasteiger partial charge in [-0.25, -0.2) is 13.4 Å². The summed E-state index contributed by atoms with van der Waals surface area (Å²) in [6.07, 6.45) is 3.50. The Morgan fingerprint density at radius 3 is 2.62 bits per heavy atom. The summed E-state index contributed by atoms with van der Waals surface area (Å²) in [5, 5.41) is 30.1. The number of rotatable bonds is 6. The molecule has 0 bridgehead atoms. The lowest BCUT2D eigenvalue weighted by atomic mass is 10.1. The number of hydrogen-bond acceptors (Lipinski definition) is 10. The average Bonchev–Trinajstić information content (AvgIpc) is 3.53. The first-order valence-electron chi connectivity index (χ1n) is 10.7. The highest BCUT2D eigenvalue weighted by molar-refractivity contribution is 7.91. The van der Waals surface area contributed by atoms with Crippen molar-refractivity contribution in [2.24, 2.45) is 0 Å². The van der Waals surface area contributed by atoms with Gasteiger partial charge in [-0.2, -0.15) is 20.0 Å². The Labute approximate surface area is 200 Å². The van der Waals surface area contributed by atoms with Crippen LogP contribution in [-0.4, -0.2) is 63.5 Å². The molecule has 0 spiro atoms. The minimum Gasteiger partial charge on any atom is -0.364 e. The van der Waals surface area contributed by atoms with Crippen LogP contribution < -0.4 is 10.6 Å². The second-order valence-corrected chi connectivity index (χ2v) is 11.0. The molecule has 1 aromatic carbocycles. The van der Waals surface area contributed by atoms with E-state index in [1.807, 2.05) is 4.90 Å². The summed E-state index contributed by atoms with van der Waals surface area (Å²) in [6, 6.07) is 7.81. The van der Waals surface area contributed by atoms with Crippen molar-refractivity contribution in [3.63, 3.8) is 0 Å².